The van der Waals surface area contributed by atoms with E-state index >= 15 is 0 Å². The molecule has 1 N–H and O–H groups in total. The van der Waals surface area contributed by atoms with Crippen LogP contribution in [0.2, 0.25) is 0 Å². The number of rotatable bonds is 2. The fraction of sp³-hybridized carbons (Fsp3) is 0.125. The summed E-state index contributed by atoms with van der Waals surface area (Å²) in [6, 6.07) is 11.2. The van der Waals surface area contributed by atoms with Crippen LogP contribution in [0.15, 0.2) is 42.6 Å². The van der Waals surface area contributed by atoms with Gasteiger partial charge in [0, 0.05) is 23.0 Å². The maximum Gasteiger partial charge on any atom is 0.231 e. The first-order chi connectivity index (χ1) is 10.3. The highest BCUT2D eigenvalue weighted by Gasteiger charge is 2.16. The zero-order chi connectivity index (χ0) is 14.4. The molecule has 0 radical (unpaired) electrons. The Morgan fingerprint density at radius 2 is 1.95 bits per heavy atom. The summed E-state index contributed by atoms with van der Waals surface area (Å²) in [5.74, 6) is 2.28. The summed E-state index contributed by atoms with van der Waals surface area (Å²) >= 11 is 0. The number of aromatic nitrogens is 1. The van der Waals surface area contributed by atoms with E-state index in [1.54, 1.807) is 11.7 Å². The van der Waals surface area contributed by atoms with Crippen molar-refractivity contribution >= 4 is 10.8 Å². The Hall–Kier alpha value is -2.82. The molecule has 5 nitrogen and oxygen atoms in total. The average molecular weight is 283 g/mol. The molecule has 2 aromatic carbocycles. The van der Waals surface area contributed by atoms with Crippen molar-refractivity contribution in [2.75, 3.05) is 13.9 Å². The number of aromatic hydroxyl groups is 1. The summed E-state index contributed by atoms with van der Waals surface area (Å²) in [4.78, 5) is 0. The highest BCUT2D eigenvalue weighted by atomic mass is 16.7. The van der Waals surface area contributed by atoms with Gasteiger partial charge in [0.2, 0.25) is 12.7 Å². The molecule has 1 aromatic heterocycles. The summed E-state index contributed by atoms with van der Waals surface area (Å²) < 4.78 is 17.6. The molecule has 21 heavy (non-hydrogen) atoms. The van der Waals surface area contributed by atoms with Crippen molar-refractivity contribution in [3.8, 4) is 28.8 Å². The Morgan fingerprint density at radius 1 is 1.10 bits per heavy atom. The molecule has 3 aromatic rings. The molecule has 0 spiro atoms. The number of ether oxygens (including phenoxy) is 3. The van der Waals surface area contributed by atoms with Crippen LogP contribution in [0.1, 0.15) is 0 Å². The van der Waals surface area contributed by atoms with Gasteiger partial charge < -0.3 is 19.3 Å². The molecule has 1 aliphatic rings. The molecule has 106 valence electrons. The Morgan fingerprint density at radius 3 is 2.81 bits per heavy atom. The van der Waals surface area contributed by atoms with Crippen LogP contribution in [-0.4, -0.2) is 23.6 Å². The molecule has 0 bridgehead atoms. The van der Waals surface area contributed by atoms with Gasteiger partial charge in [0.15, 0.2) is 11.5 Å². The first-order valence-corrected chi connectivity index (χ1v) is 6.54. The van der Waals surface area contributed by atoms with E-state index < -0.39 is 0 Å². The molecule has 0 amide bonds. The second-order valence-electron chi connectivity index (χ2n) is 4.81. The minimum Gasteiger partial charge on any atom is -0.497 e. The quantitative estimate of drug-likeness (QED) is 0.785. The van der Waals surface area contributed by atoms with Crippen LogP contribution in [0.3, 0.4) is 0 Å². The third-order valence-corrected chi connectivity index (χ3v) is 3.63. The standard InChI is InChI=1S/C16H13NO4/c1-19-12-4-2-10-8-17(16(18)13(10)7-12)11-3-5-14-15(6-11)21-9-20-14/h2-8,18H,9H2,1H3. The summed E-state index contributed by atoms with van der Waals surface area (Å²) in [6.07, 6.45) is 1.88. The van der Waals surface area contributed by atoms with Crippen LogP contribution in [0, 0.1) is 0 Å². The lowest BCUT2D eigenvalue weighted by Crippen LogP contribution is -1.93. The van der Waals surface area contributed by atoms with Crippen molar-refractivity contribution in [3.63, 3.8) is 0 Å². The zero-order valence-electron chi connectivity index (χ0n) is 11.4. The van der Waals surface area contributed by atoms with Crippen molar-refractivity contribution < 1.29 is 19.3 Å². The molecule has 0 fully saturated rings. The van der Waals surface area contributed by atoms with Crippen molar-refractivity contribution in [1.29, 1.82) is 0 Å². The monoisotopic (exact) mass is 283 g/mol. The lowest BCUT2D eigenvalue weighted by molar-refractivity contribution is 0.174. The summed E-state index contributed by atoms with van der Waals surface area (Å²) in [7, 11) is 1.60. The van der Waals surface area contributed by atoms with Crippen LogP contribution in [0.25, 0.3) is 16.5 Å². The van der Waals surface area contributed by atoms with Crippen LogP contribution >= 0.6 is 0 Å². The minimum atomic E-state index is 0.169. The molecule has 0 saturated heterocycles. The number of nitrogens with zero attached hydrogens (tertiary/aromatic N) is 1. The molecular weight excluding hydrogens is 270 g/mol. The van der Waals surface area contributed by atoms with Gasteiger partial charge in [-0.15, -0.1) is 0 Å². The largest absolute Gasteiger partial charge is 0.497 e. The molecule has 0 aliphatic carbocycles. The normalized spacial score (nSPS) is 12.8. The summed E-state index contributed by atoms with van der Waals surface area (Å²) in [6.45, 7) is 0.232. The number of fused-ring (bicyclic) bond motifs is 2. The fourth-order valence-corrected chi connectivity index (χ4v) is 2.53. The highest BCUT2D eigenvalue weighted by molar-refractivity contribution is 5.90. The van der Waals surface area contributed by atoms with E-state index in [-0.39, 0.29) is 12.7 Å². The molecule has 4 rings (SSSR count). The van der Waals surface area contributed by atoms with Gasteiger partial charge in [-0.05, 0) is 30.3 Å². The first kappa shape index (κ1) is 12.0. The van der Waals surface area contributed by atoms with E-state index in [9.17, 15) is 5.11 Å². The van der Waals surface area contributed by atoms with E-state index in [1.807, 2.05) is 42.6 Å². The molecule has 0 saturated carbocycles. The number of methoxy groups -OCH3 is 1. The molecule has 1 aliphatic heterocycles. The first-order valence-electron chi connectivity index (χ1n) is 6.54. The fourth-order valence-electron chi connectivity index (χ4n) is 2.53. The highest BCUT2D eigenvalue weighted by Crippen LogP contribution is 2.37. The van der Waals surface area contributed by atoms with Gasteiger partial charge in [0.25, 0.3) is 0 Å². The number of benzene rings is 2. The molecule has 0 unspecified atom stereocenters. The van der Waals surface area contributed by atoms with Crippen molar-refractivity contribution in [3.05, 3.63) is 42.6 Å². The Kier molecular flexibility index (Phi) is 2.47. The van der Waals surface area contributed by atoms with Crippen LogP contribution < -0.4 is 14.2 Å². The molecule has 0 atom stereocenters. The third kappa shape index (κ3) is 1.78. The van der Waals surface area contributed by atoms with E-state index in [0.29, 0.717) is 11.5 Å². The Balaban J connectivity index is 1.88. The summed E-state index contributed by atoms with van der Waals surface area (Å²) in [5.41, 5.74) is 0.812. The minimum absolute atomic E-state index is 0.169. The van der Waals surface area contributed by atoms with Crippen LogP contribution in [-0.2, 0) is 0 Å². The Bertz CT molecular complexity index is 838. The van der Waals surface area contributed by atoms with Crippen molar-refractivity contribution in [2.24, 2.45) is 0 Å². The second kappa shape index (κ2) is 4.34. The van der Waals surface area contributed by atoms with Crippen LogP contribution in [0.4, 0.5) is 0 Å². The maximum atomic E-state index is 10.4. The van der Waals surface area contributed by atoms with Gasteiger partial charge in [0.1, 0.15) is 5.75 Å². The number of hydrogen-bond donors (Lipinski definition) is 1. The maximum absolute atomic E-state index is 10.4. The predicted molar refractivity (Wildman–Crippen MR) is 77.6 cm³/mol. The second-order valence-corrected chi connectivity index (χ2v) is 4.81. The number of hydrogen-bond acceptors (Lipinski definition) is 4. The lowest BCUT2D eigenvalue weighted by Gasteiger charge is -2.06. The van der Waals surface area contributed by atoms with Gasteiger partial charge in [-0.1, -0.05) is 0 Å². The molecule has 2 heterocycles. The smallest absolute Gasteiger partial charge is 0.231 e. The van der Waals surface area contributed by atoms with E-state index in [4.69, 9.17) is 14.2 Å². The van der Waals surface area contributed by atoms with Crippen LogP contribution in [0.5, 0.6) is 23.1 Å². The van der Waals surface area contributed by atoms with E-state index in [2.05, 4.69) is 0 Å². The van der Waals surface area contributed by atoms with Gasteiger partial charge in [0.05, 0.1) is 12.8 Å². The van der Waals surface area contributed by atoms with Gasteiger partial charge >= 0.3 is 0 Å². The molecule has 5 heteroatoms. The summed E-state index contributed by atoms with van der Waals surface area (Å²) in [5, 5.41) is 12.1. The van der Waals surface area contributed by atoms with Gasteiger partial charge in [-0.3, -0.25) is 4.57 Å². The van der Waals surface area contributed by atoms with Gasteiger partial charge in [-0.2, -0.15) is 0 Å². The third-order valence-electron chi connectivity index (χ3n) is 3.63. The van der Waals surface area contributed by atoms with E-state index in [0.717, 1.165) is 22.2 Å². The van der Waals surface area contributed by atoms with Gasteiger partial charge in [-0.25, -0.2) is 0 Å². The predicted octanol–water partition coefficient (Wildman–Crippen LogP) is 3.07. The Labute approximate surface area is 120 Å². The average Bonchev–Trinajstić information content (AvgIpc) is 3.11. The molecular formula is C16H13NO4. The van der Waals surface area contributed by atoms with Crippen molar-refractivity contribution in [2.45, 2.75) is 0 Å². The SMILES string of the molecule is COc1ccc2cn(-c3ccc4c(c3)OCO4)c(O)c2c1. The van der Waals surface area contributed by atoms with Crippen molar-refractivity contribution in [1.82, 2.24) is 4.57 Å². The lowest BCUT2D eigenvalue weighted by atomic mass is 10.2. The topological polar surface area (TPSA) is 52.9 Å². The zero-order valence-corrected chi connectivity index (χ0v) is 11.4. The van der Waals surface area contributed by atoms with E-state index in [1.165, 1.54) is 0 Å².